The lowest BCUT2D eigenvalue weighted by molar-refractivity contribution is 0.272. The van der Waals surface area contributed by atoms with Crippen molar-refractivity contribution in [3.63, 3.8) is 0 Å². The molecular weight excluding hydrogens is 240 g/mol. The Morgan fingerprint density at radius 1 is 1.39 bits per heavy atom. The number of rotatable bonds is 4. The highest BCUT2D eigenvalue weighted by molar-refractivity contribution is 7.99. The third kappa shape index (κ3) is 3.28. The van der Waals surface area contributed by atoms with Crippen LogP contribution in [0, 0.1) is 0 Å². The van der Waals surface area contributed by atoms with E-state index in [1.54, 1.807) is 0 Å². The van der Waals surface area contributed by atoms with E-state index in [4.69, 9.17) is 5.73 Å². The third-order valence-corrected chi connectivity index (χ3v) is 4.74. The minimum absolute atomic E-state index is 0.239. The molecule has 2 unspecified atom stereocenters. The molecule has 1 aliphatic rings. The van der Waals surface area contributed by atoms with Gasteiger partial charge in [0, 0.05) is 17.0 Å². The average molecular weight is 264 g/mol. The minimum atomic E-state index is 0.239. The number of hydrogen-bond donors (Lipinski definition) is 1. The van der Waals surface area contributed by atoms with Crippen LogP contribution in [0.1, 0.15) is 36.9 Å². The van der Waals surface area contributed by atoms with Crippen molar-refractivity contribution in [1.82, 2.24) is 4.90 Å². The van der Waals surface area contributed by atoms with Crippen LogP contribution in [0.15, 0.2) is 23.1 Å². The van der Waals surface area contributed by atoms with Crippen LogP contribution in [0.3, 0.4) is 0 Å². The predicted molar refractivity (Wildman–Crippen MR) is 80.2 cm³/mol. The van der Waals surface area contributed by atoms with Gasteiger partial charge in [-0.25, -0.2) is 0 Å². The molecule has 0 aromatic heterocycles. The summed E-state index contributed by atoms with van der Waals surface area (Å²) in [6, 6.07) is 7.65. The number of nitrogens with zero attached hydrogens (tertiary/aromatic N) is 1. The summed E-state index contributed by atoms with van der Waals surface area (Å²) in [5.74, 6) is 1.27. The first-order valence-corrected chi connectivity index (χ1v) is 7.74. The Balaban J connectivity index is 2.24. The first kappa shape index (κ1) is 13.9. The second kappa shape index (κ2) is 6.09. The number of benzene rings is 1. The van der Waals surface area contributed by atoms with Crippen LogP contribution in [-0.4, -0.2) is 30.8 Å². The number of hydrogen-bond acceptors (Lipinski definition) is 3. The SMILES string of the molecule is CC(N)CC(c1ccc2c(c1)CCCS2)N(C)C. The smallest absolute Gasteiger partial charge is 0.0356 e. The second-order valence-corrected chi connectivity index (χ2v) is 6.65. The van der Waals surface area contributed by atoms with Crippen LogP contribution in [-0.2, 0) is 6.42 Å². The van der Waals surface area contributed by atoms with Gasteiger partial charge < -0.3 is 10.6 Å². The molecule has 2 atom stereocenters. The summed E-state index contributed by atoms with van der Waals surface area (Å²) >= 11 is 1.99. The molecule has 0 aliphatic carbocycles. The zero-order valence-corrected chi connectivity index (χ0v) is 12.5. The fourth-order valence-corrected chi connectivity index (χ4v) is 3.60. The van der Waals surface area contributed by atoms with Crippen LogP contribution in [0.5, 0.6) is 0 Å². The molecule has 100 valence electrons. The van der Waals surface area contributed by atoms with Crippen LogP contribution in [0.4, 0.5) is 0 Å². The lowest BCUT2D eigenvalue weighted by Gasteiger charge is -2.28. The second-order valence-electron chi connectivity index (χ2n) is 5.51. The monoisotopic (exact) mass is 264 g/mol. The fraction of sp³-hybridized carbons (Fsp3) is 0.600. The minimum Gasteiger partial charge on any atom is -0.328 e. The Labute approximate surface area is 115 Å². The van der Waals surface area contributed by atoms with Gasteiger partial charge in [0.15, 0.2) is 0 Å². The number of nitrogens with two attached hydrogens (primary N) is 1. The summed E-state index contributed by atoms with van der Waals surface area (Å²) in [6.45, 7) is 2.09. The molecule has 0 amide bonds. The van der Waals surface area contributed by atoms with Gasteiger partial charge in [0.05, 0.1) is 0 Å². The lowest BCUT2D eigenvalue weighted by atomic mass is 9.96. The zero-order chi connectivity index (χ0) is 13.1. The highest BCUT2D eigenvalue weighted by Crippen LogP contribution is 2.33. The molecule has 1 aromatic rings. The van der Waals surface area contributed by atoms with Gasteiger partial charge in [-0.05, 0) is 63.2 Å². The molecule has 2 N–H and O–H groups in total. The van der Waals surface area contributed by atoms with E-state index in [1.165, 1.54) is 34.6 Å². The lowest BCUT2D eigenvalue weighted by Crippen LogP contribution is -2.27. The van der Waals surface area contributed by atoms with Gasteiger partial charge >= 0.3 is 0 Å². The zero-order valence-electron chi connectivity index (χ0n) is 11.6. The van der Waals surface area contributed by atoms with E-state index >= 15 is 0 Å². The molecule has 1 aliphatic heterocycles. The summed E-state index contributed by atoms with van der Waals surface area (Å²) < 4.78 is 0. The fourth-order valence-electron chi connectivity index (χ4n) is 2.58. The van der Waals surface area contributed by atoms with Crippen molar-refractivity contribution in [2.75, 3.05) is 19.8 Å². The Hall–Kier alpha value is -0.510. The summed E-state index contributed by atoms with van der Waals surface area (Å²) in [7, 11) is 4.28. The Kier molecular flexibility index (Phi) is 4.71. The van der Waals surface area contributed by atoms with E-state index in [1.807, 2.05) is 11.8 Å². The summed E-state index contributed by atoms with van der Waals surface area (Å²) in [4.78, 5) is 3.75. The molecule has 0 spiro atoms. The van der Waals surface area contributed by atoms with Gasteiger partial charge in [0.2, 0.25) is 0 Å². The first-order chi connectivity index (χ1) is 8.58. The van der Waals surface area contributed by atoms with Gasteiger partial charge in [0.25, 0.3) is 0 Å². The number of aryl methyl sites for hydroxylation is 1. The van der Waals surface area contributed by atoms with Gasteiger partial charge in [0.1, 0.15) is 0 Å². The average Bonchev–Trinajstić information content (AvgIpc) is 2.35. The molecule has 2 nitrogen and oxygen atoms in total. The van der Waals surface area contributed by atoms with E-state index in [-0.39, 0.29) is 6.04 Å². The van der Waals surface area contributed by atoms with Crippen molar-refractivity contribution in [2.45, 2.75) is 43.2 Å². The summed E-state index contributed by atoms with van der Waals surface area (Å²) in [6.07, 6.45) is 3.55. The van der Waals surface area contributed by atoms with Crippen molar-refractivity contribution in [1.29, 1.82) is 0 Å². The van der Waals surface area contributed by atoms with Crippen molar-refractivity contribution in [3.8, 4) is 0 Å². The largest absolute Gasteiger partial charge is 0.328 e. The maximum Gasteiger partial charge on any atom is 0.0356 e. The quantitative estimate of drug-likeness (QED) is 0.906. The maximum atomic E-state index is 5.98. The molecule has 0 fully saturated rings. The third-order valence-electron chi connectivity index (χ3n) is 3.54. The van der Waals surface area contributed by atoms with Crippen LogP contribution < -0.4 is 5.73 Å². The van der Waals surface area contributed by atoms with Gasteiger partial charge in [-0.2, -0.15) is 0 Å². The standard InChI is InChI=1S/C15H24N2S/c1-11(16)9-14(17(2)3)12-6-7-15-13(10-12)5-4-8-18-15/h6-7,10-11,14H,4-5,8-9,16H2,1-3H3. The predicted octanol–water partition coefficient (Wildman–Crippen LogP) is 3.06. The maximum absolute atomic E-state index is 5.98. The Morgan fingerprint density at radius 3 is 2.83 bits per heavy atom. The van der Waals surface area contributed by atoms with Crippen molar-refractivity contribution >= 4 is 11.8 Å². The highest BCUT2D eigenvalue weighted by atomic mass is 32.2. The Bertz CT molecular complexity index is 401. The van der Waals surface area contributed by atoms with Gasteiger partial charge in [-0.15, -0.1) is 11.8 Å². The van der Waals surface area contributed by atoms with Crippen molar-refractivity contribution < 1.29 is 0 Å². The van der Waals surface area contributed by atoms with Crippen LogP contribution in [0.25, 0.3) is 0 Å². The molecular formula is C15H24N2S. The van der Waals surface area contributed by atoms with E-state index in [9.17, 15) is 0 Å². The van der Waals surface area contributed by atoms with E-state index in [2.05, 4.69) is 44.1 Å². The first-order valence-electron chi connectivity index (χ1n) is 6.75. The van der Waals surface area contributed by atoms with Crippen molar-refractivity contribution in [2.24, 2.45) is 5.73 Å². The molecule has 2 rings (SSSR count). The molecule has 18 heavy (non-hydrogen) atoms. The molecule has 1 aromatic carbocycles. The molecule has 0 bridgehead atoms. The summed E-state index contributed by atoms with van der Waals surface area (Å²) in [5.41, 5.74) is 8.92. The number of thioether (sulfide) groups is 1. The molecule has 0 saturated heterocycles. The summed E-state index contributed by atoms with van der Waals surface area (Å²) in [5, 5.41) is 0. The van der Waals surface area contributed by atoms with Gasteiger partial charge in [-0.1, -0.05) is 12.1 Å². The normalized spacial score (nSPS) is 18.5. The van der Waals surface area contributed by atoms with Crippen LogP contribution >= 0.6 is 11.8 Å². The van der Waals surface area contributed by atoms with Crippen LogP contribution in [0.2, 0.25) is 0 Å². The van der Waals surface area contributed by atoms with E-state index in [0.29, 0.717) is 6.04 Å². The topological polar surface area (TPSA) is 29.3 Å². The highest BCUT2D eigenvalue weighted by Gasteiger charge is 2.18. The van der Waals surface area contributed by atoms with E-state index in [0.717, 1.165) is 6.42 Å². The van der Waals surface area contributed by atoms with Gasteiger partial charge in [-0.3, -0.25) is 0 Å². The molecule has 3 heteroatoms. The molecule has 1 heterocycles. The molecule has 0 radical (unpaired) electrons. The van der Waals surface area contributed by atoms with Crippen molar-refractivity contribution in [3.05, 3.63) is 29.3 Å². The number of fused-ring (bicyclic) bond motifs is 1. The van der Waals surface area contributed by atoms with E-state index < -0.39 is 0 Å². The Morgan fingerprint density at radius 2 is 2.17 bits per heavy atom. The molecule has 0 saturated carbocycles.